The molecule has 0 aliphatic carbocycles. The number of tetrazole rings is 1. The maximum atomic E-state index is 12.8. The van der Waals surface area contributed by atoms with Crippen LogP contribution >= 0.6 is 11.6 Å². The SMILES string of the molecule is NC(=O)CCN(Cc1ccccc1)C(=O)Cn1nnn(-c2ccccc2Cl)c1=O. The zero-order valence-corrected chi connectivity index (χ0v) is 16.2. The summed E-state index contributed by atoms with van der Waals surface area (Å²) < 4.78 is 1.98. The maximum absolute atomic E-state index is 12.8. The highest BCUT2D eigenvalue weighted by Crippen LogP contribution is 2.16. The normalized spacial score (nSPS) is 10.7. The number of hydrogen-bond acceptors (Lipinski definition) is 5. The molecule has 10 heteroatoms. The lowest BCUT2D eigenvalue weighted by molar-refractivity contribution is -0.133. The van der Waals surface area contributed by atoms with Crippen LogP contribution in [0.5, 0.6) is 0 Å². The molecule has 2 aromatic carbocycles. The van der Waals surface area contributed by atoms with Crippen molar-refractivity contribution in [3.8, 4) is 5.69 Å². The van der Waals surface area contributed by atoms with Crippen LogP contribution in [0, 0.1) is 0 Å². The van der Waals surface area contributed by atoms with Crippen LogP contribution in [-0.4, -0.2) is 43.0 Å². The Kier molecular flexibility index (Phi) is 6.40. The Balaban J connectivity index is 1.79. The molecule has 2 N–H and O–H groups in total. The van der Waals surface area contributed by atoms with E-state index in [1.165, 1.54) is 4.90 Å². The molecule has 0 atom stereocenters. The number of amides is 2. The van der Waals surface area contributed by atoms with Crippen molar-refractivity contribution >= 4 is 23.4 Å². The summed E-state index contributed by atoms with van der Waals surface area (Å²) in [6.07, 6.45) is 0.0137. The number of halogens is 1. The standard InChI is InChI=1S/C19H19ClN6O3/c20-15-8-4-5-9-16(15)26-19(29)25(22-23-26)13-18(28)24(11-10-17(21)27)12-14-6-2-1-3-7-14/h1-9H,10-13H2,(H2,21,27). The van der Waals surface area contributed by atoms with E-state index in [1.54, 1.807) is 24.3 Å². The molecule has 3 rings (SSSR count). The van der Waals surface area contributed by atoms with Crippen molar-refractivity contribution in [1.82, 2.24) is 24.7 Å². The molecule has 150 valence electrons. The van der Waals surface area contributed by atoms with Gasteiger partial charge in [-0.1, -0.05) is 54.1 Å². The monoisotopic (exact) mass is 414 g/mol. The molecule has 0 bridgehead atoms. The van der Waals surface area contributed by atoms with E-state index in [-0.39, 0.29) is 32.0 Å². The molecule has 0 aliphatic heterocycles. The predicted octanol–water partition coefficient (Wildman–Crippen LogP) is 0.987. The quantitative estimate of drug-likeness (QED) is 0.590. The lowest BCUT2D eigenvalue weighted by Crippen LogP contribution is -2.38. The Bertz CT molecular complexity index is 1060. The molecular formula is C19H19ClN6O3. The number of carbonyl (C=O) groups is 2. The highest BCUT2D eigenvalue weighted by atomic mass is 35.5. The minimum atomic E-state index is -0.596. The maximum Gasteiger partial charge on any atom is 0.369 e. The zero-order chi connectivity index (χ0) is 20.8. The Morgan fingerprint density at radius 2 is 1.72 bits per heavy atom. The van der Waals surface area contributed by atoms with Gasteiger partial charge < -0.3 is 10.6 Å². The molecule has 1 heterocycles. The summed E-state index contributed by atoms with van der Waals surface area (Å²) in [5.41, 5.74) is 5.88. The van der Waals surface area contributed by atoms with E-state index in [4.69, 9.17) is 17.3 Å². The first-order valence-electron chi connectivity index (χ1n) is 8.83. The third-order valence-electron chi connectivity index (χ3n) is 4.20. The fraction of sp³-hybridized carbons (Fsp3) is 0.211. The van der Waals surface area contributed by atoms with Gasteiger partial charge in [-0.05, 0) is 28.1 Å². The zero-order valence-electron chi connectivity index (χ0n) is 15.4. The molecule has 0 fully saturated rings. The molecule has 2 amide bonds. The topological polar surface area (TPSA) is 116 Å². The largest absolute Gasteiger partial charge is 0.370 e. The molecule has 0 spiro atoms. The van der Waals surface area contributed by atoms with Crippen molar-refractivity contribution in [3.63, 3.8) is 0 Å². The van der Waals surface area contributed by atoms with E-state index in [0.717, 1.165) is 14.9 Å². The third-order valence-corrected chi connectivity index (χ3v) is 4.52. The van der Waals surface area contributed by atoms with Crippen LogP contribution in [-0.2, 0) is 22.7 Å². The van der Waals surface area contributed by atoms with Crippen molar-refractivity contribution in [2.75, 3.05) is 6.54 Å². The minimum absolute atomic E-state index is 0.0137. The molecule has 0 radical (unpaired) electrons. The summed E-state index contributed by atoms with van der Waals surface area (Å²) in [6, 6.07) is 16.0. The van der Waals surface area contributed by atoms with Crippen LogP contribution in [0.2, 0.25) is 5.02 Å². The molecule has 0 saturated heterocycles. The van der Waals surface area contributed by atoms with Gasteiger partial charge in [0.1, 0.15) is 6.54 Å². The number of para-hydroxylation sites is 1. The van der Waals surface area contributed by atoms with Crippen LogP contribution in [0.25, 0.3) is 5.69 Å². The Hall–Kier alpha value is -3.46. The molecular weight excluding hydrogens is 396 g/mol. The number of rotatable bonds is 8. The second-order valence-electron chi connectivity index (χ2n) is 6.30. The van der Waals surface area contributed by atoms with Gasteiger partial charge in [-0.2, -0.15) is 9.36 Å². The van der Waals surface area contributed by atoms with Crippen molar-refractivity contribution in [2.24, 2.45) is 5.73 Å². The van der Waals surface area contributed by atoms with Crippen molar-refractivity contribution in [2.45, 2.75) is 19.5 Å². The van der Waals surface area contributed by atoms with Crippen LogP contribution in [0.4, 0.5) is 0 Å². The second-order valence-corrected chi connectivity index (χ2v) is 6.71. The predicted molar refractivity (Wildman–Crippen MR) is 106 cm³/mol. The molecule has 0 unspecified atom stereocenters. The average molecular weight is 415 g/mol. The van der Waals surface area contributed by atoms with E-state index >= 15 is 0 Å². The van der Waals surface area contributed by atoms with Gasteiger partial charge >= 0.3 is 5.69 Å². The van der Waals surface area contributed by atoms with Gasteiger partial charge in [-0.25, -0.2) is 4.79 Å². The molecule has 0 saturated carbocycles. The summed E-state index contributed by atoms with van der Waals surface area (Å²) in [7, 11) is 0. The van der Waals surface area contributed by atoms with Crippen LogP contribution < -0.4 is 11.4 Å². The Morgan fingerprint density at radius 3 is 2.41 bits per heavy atom. The molecule has 0 aliphatic rings. The van der Waals surface area contributed by atoms with Gasteiger partial charge in [0.2, 0.25) is 11.8 Å². The first-order chi connectivity index (χ1) is 14.0. The first-order valence-corrected chi connectivity index (χ1v) is 9.21. The van der Waals surface area contributed by atoms with E-state index in [0.29, 0.717) is 10.7 Å². The number of primary amides is 1. The van der Waals surface area contributed by atoms with Gasteiger partial charge in [0, 0.05) is 19.5 Å². The lowest BCUT2D eigenvalue weighted by Gasteiger charge is -2.22. The third kappa shape index (κ3) is 5.08. The Morgan fingerprint density at radius 1 is 1.03 bits per heavy atom. The van der Waals surface area contributed by atoms with Gasteiger partial charge in [0.15, 0.2) is 0 Å². The second kappa shape index (κ2) is 9.16. The average Bonchev–Trinajstić information content (AvgIpc) is 3.06. The number of benzene rings is 2. The number of nitrogens with zero attached hydrogens (tertiary/aromatic N) is 5. The summed E-state index contributed by atoms with van der Waals surface area (Å²) in [5.74, 6) is -0.902. The number of carbonyl (C=O) groups excluding carboxylic acids is 2. The lowest BCUT2D eigenvalue weighted by atomic mass is 10.2. The summed E-state index contributed by atoms with van der Waals surface area (Å²) in [6.45, 7) is 0.0890. The fourth-order valence-electron chi connectivity index (χ4n) is 2.72. The van der Waals surface area contributed by atoms with E-state index in [9.17, 15) is 14.4 Å². The van der Waals surface area contributed by atoms with Crippen LogP contribution in [0.1, 0.15) is 12.0 Å². The minimum Gasteiger partial charge on any atom is -0.370 e. The molecule has 9 nitrogen and oxygen atoms in total. The fourth-order valence-corrected chi connectivity index (χ4v) is 2.93. The smallest absolute Gasteiger partial charge is 0.369 e. The number of nitrogens with two attached hydrogens (primary N) is 1. The molecule has 29 heavy (non-hydrogen) atoms. The number of aromatic nitrogens is 4. The van der Waals surface area contributed by atoms with E-state index < -0.39 is 11.6 Å². The van der Waals surface area contributed by atoms with Gasteiger partial charge in [0.05, 0.1) is 10.7 Å². The number of hydrogen-bond donors (Lipinski definition) is 1. The van der Waals surface area contributed by atoms with Gasteiger partial charge in [-0.3, -0.25) is 9.59 Å². The highest BCUT2D eigenvalue weighted by Gasteiger charge is 2.19. The van der Waals surface area contributed by atoms with Crippen molar-refractivity contribution in [3.05, 3.63) is 75.7 Å². The van der Waals surface area contributed by atoms with E-state index in [1.807, 2.05) is 30.3 Å². The van der Waals surface area contributed by atoms with Gasteiger partial charge in [0.25, 0.3) is 0 Å². The summed E-state index contributed by atoms with van der Waals surface area (Å²) >= 11 is 6.10. The molecule has 3 aromatic rings. The summed E-state index contributed by atoms with van der Waals surface area (Å²) in [5, 5.41) is 7.92. The molecule has 1 aromatic heterocycles. The van der Waals surface area contributed by atoms with Gasteiger partial charge in [-0.15, -0.1) is 0 Å². The van der Waals surface area contributed by atoms with Crippen molar-refractivity contribution < 1.29 is 9.59 Å². The van der Waals surface area contributed by atoms with Crippen LogP contribution in [0.3, 0.4) is 0 Å². The van der Waals surface area contributed by atoms with Crippen LogP contribution in [0.15, 0.2) is 59.4 Å². The first kappa shape index (κ1) is 20.3. The van der Waals surface area contributed by atoms with Crippen molar-refractivity contribution in [1.29, 1.82) is 0 Å². The van der Waals surface area contributed by atoms with E-state index in [2.05, 4.69) is 10.4 Å². The highest BCUT2D eigenvalue weighted by molar-refractivity contribution is 6.32. The Labute approximate surface area is 171 Å². The summed E-state index contributed by atoms with van der Waals surface area (Å²) in [4.78, 5) is 38.0.